The first-order valence-corrected chi connectivity index (χ1v) is 10.4. The highest BCUT2D eigenvalue weighted by atomic mass is 16.2. The monoisotopic (exact) mass is 428 g/mol. The third kappa shape index (κ3) is 4.32. The molecule has 1 saturated heterocycles. The number of hydrogen-bond donors (Lipinski definition) is 2. The van der Waals surface area contributed by atoms with E-state index in [9.17, 15) is 14.4 Å². The van der Waals surface area contributed by atoms with E-state index in [0.717, 1.165) is 33.8 Å². The van der Waals surface area contributed by atoms with Crippen molar-refractivity contribution in [2.45, 2.75) is 20.3 Å². The lowest BCUT2D eigenvalue weighted by molar-refractivity contribution is -0.127. The zero-order chi connectivity index (χ0) is 22.7. The van der Waals surface area contributed by atoms with Crippen LogP contribution >= 0.6 is 0 Å². The number of anilines is 1. The molecule has 0 saturated carbocycles. The number of benzene rings is 2. The lowest BCUT2D eigenvalue weighted by atomic mass is 10.1. The maximum absolute atomic E-state index is 12.8. The number of aryl methyl sites for hydroxylation is 2. The van der Waals surface area contributed by atoms with E-state index in [4.69, 9.17) is 0 Å². The Balaban J connectivity index is 1.51. The predicted octanol–water partition coefficient (Wildman–Crippen LogP) is 3.88. The van der Waals surface area contributed by atoms with E-state index in [1.807, 2.05) is 79.2 Å². The first kappa shape index (κ1) is 21.1. The van der Waals surface area contributed by atoms with Gasteiger partial charge in [0.1, 0.15) is 12.2 Å². The molecular formula is C25H24N4O3. The Labute approximate surface area is 186 Å². The molecule has 1 aromatic heterocycles. The number of para-hydroxylation sites is 1. The average Bonchev–Trinajstić information content (AvgIpc) is 3.34. The molecule has 0 atom stereocenters. The van der Waals surface area contributed by atoms with Gasteiger partial charge in [0.2, 0.25) is 5.91 Å². The van der Waals surface area contributed by atoms with Crippen molar-refractivity contribution in [2.24, 2.45) is 0 Å². The molecule has 162 valence electrons. The van der Waals surface area contributed by atoms with Crippen LogP contribution in [0.15, 0.2) is 72.6 Å². The van der Waals surface area contributed by atoms with Gasteiger partial charge in [-0.25, -0.2) is 9.69 Å². The Bertz CT molecular complexity index is 1230. The molecular weight excluding hydrogens is 404 g/mol. The minimum atomic E-state index is -0.617. The smallest absolute Gasteiger partial charge is 0.324 e. The van der Waals surface area contributed by atoms with Gasteiger partial charge in [-0.05, 0) is 60.9 Å². The third-order valence-corrected chi connectivity index (χ3v) is 5.29. The molecule has 1 aliphatic heterocycles. The van der Waals surface area contributed by atoms with Crippen LogP contribution in [0.25, 0.3) is 11.8 Å². The Morgan fingerprint density at radius 2 is 1.88 bits per heavy atom. The summed E-state index contributed by atoms with van der Waals surface area (Å²) in [5.41, 5.74) is 4.59. The fourth-order valence-corrected chi connectivity index (χ4v) is 3.67. The molecule has 0 bridgehead atoms. The van der Waals surface area contributed by atoms with Crippen LogP contribution in [0.2, 0.25) is 0 Å². The van der Waals surface area contributed by atoms with E-state index in [1.54, 1.807) is 12.1 Å². The summed E-state index contributed by atoms with van der Waals surface area (Å²) in [5, 5.41) is 5.37. The van der Waals surface area contributed by atoms with Crippen molar-refractivity contribution in [3.8, 4) is 5.69 Å². The number of nitrogens with zero attached hydrogens (tertiary/aromatic N) is 2. The summed E-state index contributed by atoms with van der Waals surface area (Å²) in [4.78, 5) is 38.7. The molecule has 1 aliphatic rings. The summed E-state index contributed by atoms with van der Waals surface area (Å²) in [5.74, 6) is -0.968. The maximum Gasteiger partial charge on any atom is 0.329 e. The Hall–Kier alpha value is -4.13. The van der Waals surface area contributed by atoms with Crippen LogP contribution in [0.1, 0.15) is 23.7 Å². The summed E-state index contributed by atoms with van der Waals surface area (Å²) in [6.45, 7) is 3.64. The number of rotatable bonds is 6. The Kier molecular flexibility index (Phi) is 5.89. The summed E-state index contributed by atoms with van der Waals surface area (Å²) in [7, 11) is 0. The van der Waals surface area contributed by atoms with Crippen molar-refractivity contribution in [1.29, 1.82) is 0 Å². The standard InChI is InChI=1S/C25H24N4O3/c1-3-18-9-4-5-12-21(18)26-23(30)16-29-24(31)22(27-25(29)32)15-20-11-7-13-28(20)19-10-6-8-17(2)14-19/h4-15H,3,16H2,1-2H3,(H,26,30)(H,27,32)/b22-15+. The lowest BCUT2D eigenvalue weighted by Gasteiger charge is -2.13. The zero-order valence-corrected chi connectivity index (χ0v) is 18.0. The molecule has 32 heavy (non-hydrogen) atoms. The average molecular weight is 428 g/mol. The van der Waals surface area contributed by atoms with Crippen LogP contribution in [0.3, 0.4) is 0 Å². The van der Waals surface area contributed by atoms with Crippen LogP contribution < -0.4 is 10.6 Å². The second-order valence-electron chi connectivity index (χ2n) is 7.58. The maximum atomic E-state index is 12.8. The molecule has 7 heteroatoms. The van der Waals surface area contributed by atoms with Gasteiger partial charge >= 0.3 is 6.03 Å². The predicted molar refractivity (Wildman–Crippen MR) is 123 cm³/mol. The van der Waals surface area contributed by atoms with Gasteiger partial charge in [-0.2, -0.15) is 0 Å². The molecule has 2 heterocycles. The molecule has 2 N–H and O–H groups in total. The van der Waals surface area contributed by atoms with Gasteiger partial charge in [0, 0.05) is 23.3 Å². The SMILES string of the molecule is CCc1ccccc1NC(=O)CN1C(=O)N/C(=C/c2cccn2-c2cccc(C)c2)C1=O. The number of nitrogens with one attached hydrogen (secondary N) is 2. The van der Waals surface area contributed by atoms with Crippen molar-refractivity contribution < 1.29 is 14.4 Å². The van der Waals surface area contributed by atoms with E-state index in [-0.39, 0.29) is 12.2 Å². The molecule has 0 unspecified atom stereocenters. The van der Waals surface area contributed by atoms with Crippen molar-refractivity contribution in [2.75, 3.05) is 11.9 Å². The zero-order valence-electron chi connectivity index (χ0n) is 18.0. The molecule has 0 radical (unpaired) electrons. The fraction of sp³-hybridized carbons (Fsp3) is 0.160. The normalized spacial score (nSPS) is 14.7. The van der Waals surface area contributed by atoms with Crippen LogP contribution in [0.4, 0.5) is 10.5 Å². The second kappa shape index (κ2) is 8.93. The van der Waals surface area contributed by atoms with Gasteiger partial charge in [0.05, 0.1) is 0 Å². The Morgan fingerprint density at radius 3 is 2.66 bits per heavy atom. The van der Waals surface area contributed by atoms with E-state index in [2.05, 4.69) is 10.6 Å². The number of hydrogen-bond acceptors (Lipinski definition) is 3. The quantitative estimate of drug-likeness (QED) is 0.462. The van der Waals surface area contributed by atoms with Gasteiger partial charge in [-0.3, -0.25) is 9.59 Å². The van der Waals surface area contributed by atoms with E-state index in [0.29, 0.717) is 5.69 Å². The number of carbonyl (C=O) groups is 3. The van der Waals surface area contributed by atoms with E-state index in [1.165, 1.54) is 0 Å². The van der Waals surface area contributed by atoms with Gasteiger partial charge in [-0.15, -0.1) is 0 Å². The number of urea groups is 1. The first-order valence-electron chi connectivity index (χ1n) is 10.4. The van der Waals surface area contributed by atoms with E-state index >= 15 is 0 Å². The second-order valence-corrected chi connectivity index (χ2v) is 7.58. The number of amides is 4. The molecule has 4 amide bonds. The molecule has 2 aromatic carbocycles. The van der Waals surface area contributed by atoms with Crippen molar-refractivity contribution in [3.05, 3.63) is 89.4 Å². The van der Waals surface area contributed by atoms with Crippen molar-refractivity contribution in [1.82, 2.24) is 14.8 Å². The van der Waals surface area contributed by atoms with Gasteiger partial charge in [0.15, 0.2) is 0 Å². The first-order chi connectivity index (χ1) is 15.5. The van der Waals surface area contributed by atoms with Crippen LogP contribution in [-0.2, 0) is 16.0 Å². The van der Waals surface area contributed by atoms with Crippen LogP contribution in [0, 0.1) is 6.92 Å². The van der Waals surface area contributed by atoms with Crippen molar-refractivity contribution >= 4 is 29.6 Å². The van der Waals surface area contributed by atoms with Gasteiger partial charge in [0.25, 0.3) is 5.91 Å². The molecule has 7 nitrogen and oxygen atoms in total. The van der Waals surface area contributed by atoms with Crippen LogP contribution in [0.5, 0.6) is 0 Å². The highest BCUT2D eigenvalue weighted by Crippen LogP contribution is 2.20. The van der Waals surface area contributed by atoms with Crippen molar-refractivity contribution in [3.63, 3.8) is 0 Å². The highest BCUT2D eigenvalue weighted by molar-refractivity contribution is 6.15. The minimum Gasteiger partial charge on any atom is -0.324 e. The lowest BCUT2D eigenvalue weighted by Crippen LogP contribution is -2.38. The summed E-state index contributed by atoms with van der Waals surface area (Å²) >= 11 is 0. The minimum absolute atomic E-state index is 0.129. The summed E-state index contributed by atoms with van der Waals surface area (Å²) < 4.78 is 1.93. The molecule has 4 rings (SSSR count). The topological polar surface area (TPSA) is 83.4 Å². The van der Waals surface area contributed by atoms with Crippen LogP contribution in [-0.4, -0.2) is 33.9 Å². The summed E-state index contributed by atoms with van der Waals surface area (Å²) in [6, 6.07) is 18.5. The summed E-state index contributed by atoms with van der Waals surface area (Å²) in [6.07, 6.45) is 4.26. The molecule has 0 spiro atoms. The number of carbonyl (C=O) groups excluding carboxylic acids is 3. The highest BCUT2D eigenvalue weighted by Gasteiger charge is 2.35. The largest absolute Gasteiger partial charge is 0.329 e. The number of imide groups is 1. The van der Waals surface area contributed by atoms with E-state index < -0.39 is 17.8 Å². The number of aromatic nitrogens is 1. The molecule has 3 aromatic rings. The van der Waals surface area contributed by atoms with Gasteiger partial charge in [-0.1, -0.05) is 37.3 Å². The fourth-order valence-electron chi connectivity index (χ4n) is 3.67. The third-order valence-electron chi connectivity index (χ3n) is 5.29. The van der Waals surface area contributed by atoms with Gasteiger partial charge < -0.3 is 15.2 Å². The molecule has 1 fully saturated rings. The molecule has 0 aliphatic carbocycles. The Morgan fingerprint density at radius 1 is 1.06 bits per heavy atom.